The smallest absolute Gasteiger partial charge is 0.168 e. The molecule has 2 rings (SSSR count). The lowest BCUT2D eigenvalue weighted by molar-refractivity contribution is 0.116. The Hall–Kier alpha value is -1.43. The lowest BCUT2D eigenvalue weighted by Crippen LogP contribution is -2.37. The van der Waals surface area contributed by atoms with Crippen molar-refractivity contribution in [2.45, 2.75) is 51.2 Å². The first-order valence-electron chi connectivity index (χ1n) is 7.16. The fourth-order valence-electron chi connectivity index (χ4n) is 2.39. The molecule has 1 aliphatic carbocycles. The van der Waals surface area contributed by atoms with E-state index in [1.807, 2.05) is 6.92 Å². The molecule has 2 atom stereocenters. The monoisotopic (exact) mass is 285 g/mol. The molecule has 3 N–H and O–H groups in total. The van der Waals surface area contributed by atoms with E-state index in [2.05, 4.69) is 15.6 Å². The van der Waals surface area contributed by atoms with Crippen LogP contribution in [-0.2, 0) is 0 Å². The topological polar surface area (TPSA) is 57.2 Å². The molecule has 1 fully saturated rings. The van der Waals surface area contributed by atoms with Gasteiger partial charge in [0.05, 0.1) is 12.1 Å². The molecular formula is C14H21F2N3O. The zero-order chi connectivity index (χ0) is 14.5. The van der Waals surface area contributed by atoms with Crippen LogP contribution in [0.2, 0.25) is 0 Å². The molecule has 0 aliphatic heterocycles. The summed E-state index contributed by atoms with van der Waals surface area (Å²) in [6.45, 7) is 2.52. The quantitative estimate of drug-likeness (QED) is 0.778. The Morgan fingerprint density at radius 3 is 2.65 bits per heavy atom. The lowest BCUT2D eigenvalue weighted by atomic mass is 9.92. The maximum absolute atomic E-state index is 13.8. The summed E-state index contributed by atoms with van der Waals surface area (Å²) in [5.41, 5.74) is 0. The molecule has 0 radical (unpaired) electrons. The van der Waals surface area contributed by atoms with Crippen molar-refractivity contribution in [3.05, 3.63) is 17.7 Å². The number of pyridine rings is 1. The second-order valence-electron chi connectivity index (χ2n) is 5.18. The van der Waals surface area contributed by atoms with Crippen LogP contribution in [0.25, 0.3) is 0 Å². The van der Waals surface area contributed by atoms with Crippen LogP contribution in [0, 0.1) is 11.6 Å². The summed E-state index contributed by atoms with van der Waals surface area (Å²) in [7, 11) is 0. The minimum atomic E-state index is -0.734. The van der Waals surface area contributed by atoms with Crippen LogP contribution < -0.4 is 10.6 Å². The molecular weight excluding hydrogens is 264 g/mol. The van der Waals surface area contributed by atoms with Gasteiger partial charge in [-0.3, -0.25) is 0 Å². The van der Waals surface area contributed by atoms with Gasteiger partial charge in [-0.2, -0.15) is 0 Å². The standard InChI is InChI=1S/C14H21F2N3O/c1-2-7-17-13-9(15)8-10(16)14(19-13)18-11-5-3-4-6-12(11)20/h8,11-12,20H,2-7H2,1H3,(H2,17,18,19). The zero-order valence-corrected chi connectivity index (χ0v) is 11.6. The Labute approximate surface area is 117 Å². The van der Waals surface area contributed by atoms with Gasteiger partial charge in [-0.25, -0.2) is 13.8 Å². The number of aliphatic hydroxyl groups excluding tert-OH is 1. The predicted molar refractivity (Wildman–Crippen MR) is 74.8 cm³/mol. The van der Waals surface area contributed by atoms with Crippen LogP contribution in [0.1, 0.15) is 39.0 Å². The van der Waals surface area contributed by atoms with E-state index in [9.17, 15) is 13.9 Å². The number of halogens is 2. The van der Waals surface area contributed by atoms with E-state index in [4.69, 9.17) is 0 Å². The van der Waals surface area contributed by atoms with Crippen molar-refractivity contribution in [1.82, 2.24) is 4.98 Å². The molecule has 0 saturated heterocycles. The Morgan fingerprint density at radius 1 is 1.25 bits per heavy atom. The first-order chi connectivity index (χ1) is 9.61. The average molecular weight is 285 g/mol. The zero-order valence-electron chi connectivity index (χ0n) is 11.6. The van der Waals surface area contributed by atoms with E-state index in [1.54, 1.807) is 0 Å². The molecule has 1 aromatic heterocycles. The molecule has 0 aromatic carbocycles. The highest BCUT2D eigenvalue weighted by molar-refractivity contribution is 5.48. The van der Waals surface area contributed by atoms with Gasteiger partial charge in [-0.15, -0.1) is 0 Å². The Balaban J connectivity index is 2.13. The second-order valence-corrected chi connectivity index (χ2v) is 5.18. The summed E-state index contributed by atoms with van der Waals surface area (Å²) < 4.78 is 27.3. The number of aliphatic hydroxyl groups is 1. The number of hydrogen-bond donors (Lipinski definition) is 3. The summed E-state index contributed by atoms with van der Waals surface area (Å²) in [5, 5.41) is 15.6. The van der Waals surface area contributed by atoms with Crippen molar-refractivity contribution in [3.63, 3.8) is 0 Å². The van der Waals surface area contributed by atoms with Gasteiger partial charge in [0.1, 0.15) is 0 Å². The Kier molecular flexibility index (Phi) is 5.11. The van der Waals surface area contributed by atoms with Crippen molar-refractivity contribution < 1.29 is 13.9 Å². The van der Waals surface area contributed by atoms with Crippen LogP contribution in [-0.4, -0.2) is 28.8 Å². The van der Waals surface area contributed by atoms with Crippen LogP contribution in [0.5, 0.6) is 0 Å². The maximum Gasteiger partial charge on any atom is 0.168 e. The normalized spacial score (nSPS) is 22.6. The van der Waals surface area contributed by atoms with Crippen LogP contribution in [0.15, 0.2) is 6.07 Å². The van der Waals surface area contributed by atoms with E-state index in [0.717, 1.165) is 31.7 Å². The number of nitrogens with one attached hydrogen (secondary N) is 2. The van der Waals surface area contributed by atoms with Crippen LogP contribution >= 0.6 is 0 Å². The summed E-state index contributed by atoms with van der Waals surface area (Å²) in [5.74, 6) is -1.40. The van der Waals surface area contributed by atoms with Gasteiger partial charge < -0.3 is 15.7 Å². The van der Waals surface area contributed by atoms with E-state index in [-0.39, 0.29) is 17.7 Å². The van der Waals surface area contributed by atoms with E-state index in [1.165, 1.54) is 0 Å². The molecule has 0 spiro atoms. The molecule has 112 valence electrons. The third kappa shape index (κ3) is 3.56. The maximum atomic E-state index is 13.8. The number of nitrogens with zero attached hydrogens (tertiary/aromatic N) is 1. The van der Waals surface area contributed by atoms with Crippen molar-refractivity contribution in [3.8, 4) is 0 Å². The van der Waals surface area contributed by atoms with E-state index < -0.39 is 17.7 Å². The summed E-state index contributed by atoms with van der Waals surface area (Å²) in [6.07, 6.45) is 3.73. The SMILES string of the molecule is CCCNc1nc(NC2CCCCC2O)c(F)cc1F. The number of anilines is 2. The van der Waals surface area contributed by atoms with Crippen molar-refractivity contribution >= 4 is 11.6 Å². The lowest BCUT2D eigenvalue weighted by Gasteiger charge is -2.29. The fourth-order valence-corrected chi connectivity index (χ4v) is 2.39. The average Bonchev–Trinajstić information content (AvgIpc) is 2.43. The summed E-state index contributed by atoms with van der Waals surface area (Å²) in [4.78, 5) is 3.95. The van der Waals surface area contributed by atoms with E-state index in [0.29, 0.717) is 13.0 Å². The number of hydrogen-bond acceptors (Lipinski definition) is 4. The summed E-state index contributed by atoms with van der Waals surface area (Å²) in [6, 6.07) is 0.595. The Bertz CT molecular complexity index is 456. The molecule has 2 unspecified atom stereocenters. The second kappa shape index (κ2) is 6.83. The van der Waals surface area contributed by atoms with Crippen molar-refractivity contribution in [2.75, 3.05) is 17.2 Å². The van der Waals surface area contributed by atoms with Gasteiger partial charge in [0, 0.05) is 12.6 Å². The fraction of sp³-hybridized carbons (Fsp3) is 0.643. The number of rotatable bonds is 5. The highest BCUT2D eigenvalue weighted by Gasteiger charge is 2.24. The van der Waals surface area contributed by atoms with Crippen molar-refractivity contribution in [2.24, 2.45) is 0 Å². The predicted octanol–water partition coefficient (Wildman–Crippen LogP) is 2.90. The first-order valence-corrected chi connectivity index (χ1v) is 7.16. The largest absolute Gasteiger partial charge is 0.391 e. The highest BCUT2D eigenvalue weighted by Crippen LogP contribution is 2.25. The molecule has 6 heteroatoms. The minimum absolute atomic E-state index is 0.00375. The molecule has 0 bridgehead atoms. The van der Waals surface area contributed by atoms with Gasteiger partial charge >= 0.3 is 0 Å². The third-order valence-corrected chi connectivity index (χ3v) is 3.52. The van der Waals surface area contributed by atoms with Gasteiger partial charge in [0.15, 0.2) is 23.3 Å². The third-order valence-electron chi connectivity index (χ3n) is 3.52. The highest BCUT2D eigenvalue weighted by atomic mass is 19.1. The van der Waals surface area contributed by atoms with Gasteiger partial charge in [-0.1, -0.05) is 19.8 Å². The minimum Gasteiger partial charge on any atom is -0.391 e. The van der Waals surface area contributed by atoms with Gasteiger partial charge in [0.2, 0.25) is 0 Å². The molecule has 1 aliphatic rings. The van der Waals surface area contributed by atoms with Crippen molar-refractivity contribution in [1.29, 1.82) is 0 Å². The van der Waals surface area contributed by atoms with E-state index >= 15 is 0 Å². The van der Waals surface area contributed by atoms with Gasteiger partial charge in [-0.05, 0) is 19.3 Å². The molecule has 0 amide bonds. The van der Waals surface area contributed by atoms with Gasteiger partial charge in [0.25, 0.3) is 0 Å². The van der Waals surface area contributed by atoms with Crippen LogP contribution in [0.3, 0.4) is 0 Å². The molecule has 20 heavy (non-hydrogen) atoms. The molecule has 1 heterocycles. The number of aromatic nitrogens is 1. The van der Waals surface area contributed by atoms with Crippen LogP contribution in [0.4, 0.5) is 20.4 Å². The summed E-state index contributed by atoms with van der Waals surface area (Å²) >= 11 is 0. The first kappa shape index (κ1) is 15.0. The molecule has 1 saturated carbocycles. The molecule has 1 aromatic rings. The molecule has 4 nitrogen and oxygen atoms in total. The Morgan fingerprint density at radius 2 is 1.95 bits per heavy atom.